The molecule has 2 N–H and O–H groups in total. The molecule has 1 aromatic heterocycles. The second-order valence-electron chi connectivity index (χ2n) is 3.71. The molecule has 0 bridgehead atoms. The van der Waals surface area contributed by atoms with E-state index in [1.54, 1.807) is 12.3 Å². The second kappa shape index (κ2) is 6.84. The van der Waals surface area contributed by atoms with Gasteiger partial charge in [0, 0.05) is 11.0 Å². The second-order valence-corrected chi connectivity index (χ2v) is 4.76. The Hall–Kier alpha value is -1.95. The van der Waals surface area contributed by atoms with E-state index in [1.165, 1.54) is 11.8 Å². The average molecular weight is 277 g/mol. The molecule has 1 heterocycles. The van der Waals surface area contributed by atoms with Crippen molar-refractivity contribution in [2.75, 3.05) is 17.7 Å². The van der Waals surface area contributed by atoms with Crippen LogP contribution < -0.4 is 10.1 Å². The highest BCUT2D eigenvalue weighted by molar-refractivity contribution is 8.00. The van der Waals surface area contributed by atoms with Gasteiger partial charge in [0.1, 0.15) is 11.6 Å². The average Bonchev–Trinajstić information content (AvgIpc) is 2.91. The summed E-state index contributed by atoms with van der Waals surface area (Å²) in [6.07, 6.45) is 1.59. The fourth-order valence-electron chi connectivity index (χ4n) is 1.46. The van der Waals surface area contributed by atoms with Gasteiger partial charge in [0.2, 0.25) is 5.91 Å². The van der Waals surface area contributed by atoms with E-state index in [0.717, 1.165) is 10.6 Å². The van der Waals surface area contributed by atoms with Crippen LogP contribution in [-0.4, -0.2) is 28.5 Å². The Balaban J connectivity index is 1.79. The molecule has 1 amide bonds. The van der Waals surface area contributed by atoms with Crippen molar-refractivity contribution < 1.29 is 9.53 Å². The Kier molecular flexibility index (Phi) is 4.85. The van der Waals surface area contributed by atoms with Gasteiger partial charge in [-0.1, -0.05) is 0 Å². The van der Waals surface area contributed by atoms with Crippen LogP contribution in [0.1, 0.15) is 6.92 Å². The van der Waals surface area contributed by atoms with E-state index >= 15 is 0 Å². The molecule has 0 radical (unpaired) electrons. The third-order valence-corrected chi connectivity index (χ3v) is 3.29. The number of amides is 1. The van der Waals surface area contributed by atoms with Gasteiger partial charge in [-0.25, -0.2) is 0 Å². The van der Waals surface area contributed by atoms with Gasteiger partial charge in [-0.15, -0.1) is 11.8 Å². The number of carbonyl (C=O) groups is 1. The van der Waals surface area contributed by atoms with Crippen molar-refractivity contribution in [1.29, 1.82) is 0 Å². The monoisotopic (exact) mass is 277 g/mol. The van der Waals surface area contributed by atoms with E-state index in [4.69, 9.17) is 4.74 Å². The number of benzene rings is 1. The van der Waals surface area contributed by atoms with Crippen molar-refractivity contribution >= 4 is 23.5 Å². The molecule has 0 saturated carbocycles. The standard InChI is InChI=1S/C13H15N3O2S/c1-2-18-10-3-5-11(6-4-10)19-9-13(17)15-12-7-8-14-16-12/h3-8H,2,9H2,1H3,(H2,14,15,16,17). The first-order valence-electron chi connectivity index (χ1n) is 5.93. The SMILES string of the molecule is CCOc1ccc(SCC(=O)Nc2ccn[nH]2)cc1. The van der Waals surface area contributed by atoms with Crippen LogP contribution in [0, 0.1) is 0 Å². The first kappa shape index (κ1) is 13.5. The number of thioether (sulfide) groups is 1. The number of H-pyrrole nitrogens is 1. The summed E-state index contributed by atoms with van der Waals surface area (Å²) >= 11 is 1.48. The summed E-state index contributed by atoms with van der Waals surface area (Å²) in [7, 11) is 0. The van der Waals surface area contributed by atoms with E-state index in [0.29, 0.717) is 18.2 Å². The topological polar surface area (TPSA) is 67.0 Å². The Morgan fingerprint density at radius 3 is 2.79 bits per heavy atom. The van der Waals surface area contributed by atoms with Gasteiger partial charge in [-0.3, -0.25) is 9.89 Å². The third kappa shape index (κ3) is 4.33. The van der Waals surface area contributed by atoms with Crippen LogP contribution in [0.15, 0.2) is 41.4 Å². The number of hydrogen-bond donors (Lipinski definition) is 2. The Morgan fingerprint density at radius 1 is 1.37 bits per heavy atom. The minimum atomic E-state index is -0.0665. The molecule has 2 rings (SSSR count). The number of nitrogens with one attached hydrogen (secondary N) is 2. The van der Waals surface area contributed by atoms with Gasteiger partial charge in [-0.2, -0.15) is 5.10 Å². The maximum Gasteiger partial charge on any atom is 0.235 e. The van der Waals surface area contributed by atoms with Crippen molar-refractivity contribution in [3.63, 3.8) is 0 Å². The van der Waals surface area contributed by atoms with E-state index in [2.05, 4.69) is 15.5 Å². The predicted molar refractivity (Wildman–Crippen MR) is 75.6 cm³/mol. The fraction of sp³-hybridized carbons (Fsp3) is 0.231. The van der Waals surface area contributed by atoms with Crippen LogP contribution in [0.25, 0.3) is 0 Å². The summed E-state index contributed by atoms with van der Waals surface area (Å²) in [6, 6.07) is 9.40. The Bertz CT molecular complexity index is 511. The van der Waals surface area contributed by atoms with Crippen molar-refractivity contribution in [3.8, 4) is 5.75 Å². The number of aromatic nitrogens is 2. The smallest absolute Gasteiger partial charge is 0.235 e. The summed E-state index contributed by atoms with van der Waals surface area (Å²) in [5.74, 6) is 1.74. The lowest BCUT2D eigenvalue weighted by molar-refractivity contribution is -0.113. The van der Waals surface area contributed by atoms with Crippen LogP contribution in [0.4, 0.5) is 5.82 Å². The molecule has 5 nitrogen and oxygen atoms in total. The lowest BCUT2D eigenvalue weighted by atomic mass is 10.3. The van der Waals surface area contributed by atoms with Crippen LogP contribution in [-0.2, 0) is 4.79 Å². The molecule has 0 aliphatic heterocycles. The molecule has 6 heteroatoms. The highest BCUT2D eigenvalue weighted by atomic mass is 32.2. The van der Waals surface area contributed by atoms with Gasteiger partial charge in [-0.05, 0) is 31.2 Å². The lowest BCUT2D eigenvalue weighted by Crippen LogP contribution is -2.14. The highest BCUT2D eigenvalue weighted by Crippen LogP contribution is 2.21. The molecule has 0 aliphatic rings. The zero-order valence-corrected chi connectivity index (χ0v) is 11.4. The van der Waals surface area contributed by atoms with E-state index in [1.807, 2.05) is 31.2 Å². The molecule has 0 spiro atoms. The molecule has 2 aromatic rings. The third-order valence-electron chi connectivity index (χ3n) is 2.28. The molecule has 0 aliphatic carbocycles. The van der Waals surface area contributed by atoms with Gasteiger partial charge in [0.15, 0.2) is 0 Å². The summed E-state index contributed by atoms with van der Waals surface area (Å²) in [5, 5.41) is 9.16. The van der Waals surface area contributed by atoms with E-state index < -0.39 is 0 Å². The van der Waals surface area contributed by atoms with Gasteiger partial charge in [0.05, 0.1) is 18.6 Å². The number of aromatic amines is 1. The van der Waals surface area contributed by atoms with Gasteiger partial charge >= 0.3 is 0 Å². The number of carbonyl (C=O) groups excluding carboxylic acids is 1. The van der Waals surface area contributed by atoms with Gasteiger partial charge in [0.25, 0.3) is 0 Å². The zero-order valence-electron chi connectivity index (χ0n) is 10.6. The zero-order chi connectivity index (χ0) is 13.5. The van der Waals surface area contributed by atoms with Crippen molar-refractivity contribution in [2.45, 2.75) is 11.8 Å². The number of anilines is 1. The molecule has 19 heavy (non-hydrogen) atoms. The normalized spacial score (nSPS) is 10.2. The van der Waals surface area contributed by atoms with E-state index in [9.17, 15) is 4.79 Å². The first-order chi connectivity index (χ1) is 9.28. The summed E-state index contributed by atoms with van der Waals surface area (Å²) in [4.78, 5) is 12.7. The molecular formula is C13H15N3O2S. The molecule has 100 valence electrons. The Morgan fingerprint density at radius 2 is 2.16 bits per heavy atom. The fourth-order valence-corrected chi connectivity index (χ4v) is 2.16. The van der Waals surface area contributed by atoms with Crippen LogP contribution >= 0.6 is 11.8 Å². The lowest BCUT2D eigenvalue weighted by Gasteiger charge is -2.05. The van der Waals surface area contributed by atoms with Crippen LogP contribution in [0.3, 0.4) is 0 Å². The van der Waals surface area contributed by atoms with Crippen molar-refractivity contribution in [3.05, 3.63) is 36.5 Å². The molecular weight excluding hydrogens is 262 g/mol. The van der Waals surface area contributed by atoms with E-state index in [-0.39, 0.29) is 5.91 Å². The van der Waals surface area contributed by atoms with Crippen LogP contribution in [0.2, 0.25) is 0 Å². The largest absolute Gasteiger partial charge is 0.494 e. The molecule has 0 saturated heterocycles. The maximum absolute atomic E-state index is 11.6. The minimum absolute atomic E-state index is 0.0665. The number of nitrogens with zero attached hydrogens (tertiary/aromatic N) is 1. The van der Waals surface area contributed by atoms with Gasteiger partial charge < -0.3 is 10.1 Å². The maximum atomic E-state index is 11.6. The quantitative estimate of drug-likeness (QED) is 0.796. The summed E-state index contributed by atoms with van der Waals surface area (Å²) in [6.45, 7) is 2.60. The minimum Gasteiger partial charge on any atom is -0.494 e. The van der Waals surface area contributed by atoms with Crippen LogP contribution in [0.5, 0.6) is 5.75 Å². The number of ether oxygens (including phenoxy) is 1. The number of hydrogen-bond acceptors (Lipinski definition) is 4. The number of rotatable bonds is 6. The molecule has 0 fully saturated rings. The summed E-state index contributed by atoms with van der Waals surface area (Å²) < 4.78 is 5.36. The van der Waals surface area contributed by atoms with Crippen molar-refractivity contribution in [1.82, 2.24) is 10.2 Å². The van der Waals surface area contributed by atoms with Crippen molar-refractivity contribution in [2.24, 2.45) is 0 Å². The molecule has 0 atom stereocenters. The molecule has 0 unspecified atom stereocenters. The molecule has 1 aromatic carbocycles. The highest BCUT2D eigenvalue weighted by Gasteiger charge is 2.04. The predicted octanol–water partition coefficient (Wildman–Crippen LogP) is 2.54. The first-order valence-corrected chi connectivity index (χ1v) is 6.91. The summed E-state index contributed by atoms with van der Waals surface area (Å²) in [5.41, 5.74) is 0. The Labute approximate surface area is 115 Å².